The number of rotatable bonds is 4. The Kier molecular flexibility index (Phi) is 8.41. The van der Waals surface area contributed by atoms with Crippen molar-refractivity contribution >= 4 is 29.6 Å². The molecular formula is C30H43ClN2O7. The van der Waals surface area contributed by atoms with Crippen LogP contribution in [0.3, 0.4) is 0 Å². The number of esters is 1. The standard InChI is InChI=1S/C30H43ClN2O7/c1-28(2,3)39-24(34)15-21(32-27(36)40-29(4,5)6)26(35)33-12-11-22-17(16-33)13-20-25(37-22)19-14-18(31)9-10-23(19)38-30(20,7)8/h9-10,14,17,20-22,25H,11-13,15-16H2,1-8H3,(H,32,36)/t17-,20+,21-,22+,25-/m0/s1. The van der Waals surface area contributed by atoms with E-state index >= 15 is 0 Å². The van der Waals surface area contributed by atoms with Crippen LogP contribution in [0.1, 0.15) is 86.3 Å². The number of halogens is 1. The highest BCUT2D eigenvalue weighted by Crippen LogP contribution is 2.53. The lowest BCUT2D eigenvalue weighted by Gasteiger charge is -2.53. The molecule has 2 amide bonds. The van der Waals surface area contributed by atoms with Gasteiger partial charge in [-0.05, 0) is 86.4 Å². The first-order chi connectivity index (χ1) is 18.4. The summed E-state index contributed by atoms with van der Waals surface area (Å²) in [4.78, 5) is 40.8. The molecule has 4 rings (SSSR count). The molecule has 1 N–H and O–H groups in total. The van der Waals surface area contributed by atoms with Gasteiger partial charge in [-0.2, -0.15) is 0 Å². The van der Waals surface area contributed by atoms with Crippen molar-refractivity contribution in [2.24, 2.45) is 11.8 Å². The number of carbonyl (C=O) groups is 3. The van der Waals surface area contributed by atoms with Gasteiger partial charge >= 0.3 is 12.1 Å². The van der Waals surface area contributed by atoms with Gasteiger partial charge in [0.15, 0.2) is 0 Å². The molecule has 3 heterocycles. The van der Waals surface area contributed by atoms with Gasteiger partial charge in [0, 0.05) is 35.5 Å². The average molecular weight is 579 g/mol. The zero-order valence-electron chi connectivity index (χ0n) is 24.8. The van der Waals surface area contributed by atoms with Crippen molar-refractivity contribution in [3.05, 3.63) is 28.8 Å². The summed E-state index contributed by atoms with van der Waals surface area (Å²) in [7, 11) is 0. The van der Waals surface area contributed by atoms with E-state index in [1.165, 1.54) is 0 Å². The minimum absolute atomic E-state index is 0.0332. The highest BCUT2D eigenvalue weighted by Gasteiger charge is 2.52. The Hall–Kier alpha value is -2.52. The fraction of sp³-hybridized carbons (Fsp3) is 0.700. The van der Waals surface area contributed by atoms with Crippen molar-refractivity contribution in [1.29, 1.82) is 0 Å². The van der Waals surface area contributed by atoms with E-state index in [9.17, 15) is 14.4 Å². The molecule has 0 aliphatic carbocycles. The lowest BCUT2D eigenvalue weighted by Crippen LogP contribution is -2.58. The molecule has 0 aromatic heterocycles. The van der Waals surface area contributed by atoms with Gasteiger partial charge in [-0.25, -0.2) is 4.79 Å². The van der Waals surface area contributed by atoms with Crippen LogP contribution in [0.5, 0.6) is 5.75 Å². The summed E-state index contributed by atoms with van der Waals surface area (Å²) in [6, 6.07) is 4.54. The second kappa shape index (κ2) is 11.0. The summed E-state index contributed by atoms with van der Waals surface area (Å²) < 4.78 is 23.9. The summed E-state index contributed by atoms with van der Waals surface area (Å²) in [6.07, 6.45) is 0.214. The molecular weight excluding hydrogens is 536 g/mol. The molecule has 1 aromatic carbocycles. The first kappa shape index (κ1) is 30.4. The number of nitrogens with one attached hydrogen (secondary N) is 1. The van der Waals surface area contributed by atoms with E-state index in [-0.39, 0.29) is 36.4 Å². The minimum atomic E-state index is -1.11. The van der Waals surface area contributed by atoms with Crippen molar-refractivity contribution in [3.8, 4) is 5.75 Å². The molecule has 0 radical (unpaired) electrons. The van der Waals surface area contributed by atoms with E-state index in [4.69, 9.17) is 30.5 Å². The summed E-state index contributed by atoms with van der Waals surface area (Å²) in [5.41, 5.74) is -0.980. The fourth-order valence-electron chi connectivity index (χ4n) is 5.90. The molecule has 2 saturated heterocycles. The van der Waals surface area contributed by atoms with Gasteiger partial charge in [0.2, 0.25) is 5.91 Å². The molecule has 2 fully saturated rings. The van der Waals surface area contributed by atoms with E-state index in [0.717, 1.165) is 17.7 Å². The van der Waals surface area contributed by atoms with Crippen molar-refractivity contribution < 1.29 is 33.3 Å². The van der Waals surface area contributed by atoms with E-state index in [0.29, 0.717) is 24.5 Å². The summed E-state index contributed by atoms with van der Waals surface area (Å²) in [6.45, 7) is 15.5. The Morgan fingerprint density at radius 2 is 1.80 bits per heavy atom. The second-order valence-corrected chi connectivity index (χ2v) is 14.1. The van der Waals surface area contributed by atoms with Crippen LogP contribution in [0.15, 0.2) is 18.2 Å². The molecule has 1 aromatic rings. The third-order valence-electron chi connectivity index (χ3n) is 7.54. The quantitative estimate of drug-likeness (QED) is 0.475. The van der Waals surface area contributed by atoms with Crippen LogP contribution in [0.4, 0.5) is 4.79 Å². The van der Waals surface area contributed by atoms with Crippen LogP contribution >= 0.6 is 11.6 Å². The topological polar surface area (TPSA) is 103 Å². The first-order valence-electron chi connectivity index (χ1n) is 14.1. The molecule has 3 aliphatic rings. The summed E-state index contributed by atoms with van der Waals surface area (Å²) >= 11 is 6.32. The van der Waals surface area contributed by atoms with Crippen LogP contribution in [0, 0.1) is 11.8 Å². The second-order valence-electron chi connectivity index (χ2n) is 13.6. The normalized spacial score (nSPS) is 26.3. The zero-order valence-corrected chi connectivity index (χ0v) is 25.6. The van der Waals surface area contributed by atoms with Gasteiger partial charge < -0.3 is 29.2 Å². The van der Waals surface area contributed by atoms with Crippen molar-refractivity contribution in [3.63, 3.8) is 0 Å². The molecule has 5 atom stereocenters. The van der Waals surface area contributed by atoms with Gasteiger partial charge in [0.25, 0.3) is 0 Å². The third-order valence-corrected chi connectivity index (χ3v) is 7.78. The molecule has 0 saturated carbocycles. The van der Waals surface area contributed by atoms with Crippen LogP contribution in [0.2, 0.25) is 5.02 Å². The maximum absolute atomic E-state index is 13.8. The lowest BCUT2D eigenvalue weighted by atomic mass is 9.70. The molecule has 10 heteroatoms. The van der Waals surface area contributed by atoms with E-state index in [1.807, 2.05) is 18.2 Å². The number of alkyl carbamates (subject to hydrolysis) is 1. The Labute approximate surface area is 242 Å². The van der Waals surface area contributed by atoms with Crippen LogP contribution < -0.4 is 10.1 Å². The number of amides is 2. The van der Waals surface area contributed by atoms with Gasteiger partial charge in [-0.1, -0.05) is 11.6 Å². The van der Waals surface area contributed by atoms with Gasteiger partial charge in [0.1, 0.15) is 28.6 Å². The fourth-order valence-corrected chi connectivity index (χ4v) is 6.08. The average Bonchev–Trinajstić information content (AvgIpc) is 2.80. The zero-order chi connectivity index (χ0) is 29.6. The summed E-state index contributed by atoms with van der Waals surface area (Å²) in [5.74, 6) is 0.0195. The van der Waals surface area contributed by atoms with Crippen LogP contribution in [0.25, 0.3) is 0 Å². The van der Waals surface area contributed by atoms with Crippen LogP contribution in [-0.2, 0) is 23.8 Å². The number of benzene rings is 1. The monoisotopic (exact) mass is 578 g/mol. The summed E-state index contributed by atoms with van der Waals surface area (Å²) in [5, 5.41) is 3.26. The number of fused-ring (bicyclic) bond motifs is 4. The number of nitrogens with zero attached hydrogens (tertiary/aromatic N) is 1. The van der Waals surface area contributed by atoms with E-state index in [2.05, 4.69) is 19.2 Å². The van der Waals surface area contributed by atoms with Crippen molar-refractivity contribution in [2.45, 2.75) is 110 Å². The van der Waals surface area contributed by atoms with E-state index < -0.39 is 34.9 Å². The Morgan fingerprint density at radius 1 is 1.12 bits per heavy atom. The number of hydrogen-bond acceptors (Lipinski definition) is 7. The molecule has 0 spiro atoms. The molecule has 222 valence electrons. The Morgan fingerprint density at radius 3 is 2.45 bits per heavy atom. The predicted octanol–water partition coefficient (Wildman–Crippen LogP) is 5.43. The lowest BCUT2D eigenvalue weighted by molar-refractivity contribution is -0.189. The third kappa shape index (κ3) is 7.21. The van der Waals surface area contributed by atoms with Crippen molar-refractivity contribution in [1.82, 2.24) is 10.2 Å². The molecule has 9 nitrogen and oxygen atoms in total. The SMILES string of the molecule is CC(C)(C)OC(=O)C[C@H](NC(=O)OC(C)(C)C)C(=O)N1CC[C@H]2O[C@H]3c4cc(Cl)ccc4OC(C)(C)[C@@H]3C[C@H]2C1. The largest absolute Gasteiger partial charge is 0.487 e. The minimum Gasteiger partial charge on any atom is -0.487 e. The number of ether oxygens (including phenoxy) is 4. The number of carbonyl (C=O) groups excluding carboxylic acids is 3. The van der Waals surface area contributed by atoms with E-state index in [1.54, 1.807) is 46.4 Å². The number of likely N-dealkylation sites (tertiary alicyclic amines) is 1. The van der Waals surface area contributed by atoms with Crippen molar-refractivity contribution in [2.75, 3.05) is 13.1 Å². The molecule has 0 unspecified atom stereocenters. The number of hydrogen-bond donors (Lipinski definition) is 1. The Balaban J connectivity index is 1.49. The van der Waals surface area contributed by atoms with Gasteiger partial charge in [-0.15, -0.1) is 0 Å². The smallest absolute Gasteiger partial charge is 0.408 e. The molecule has 3 aliphatic heterocycles. The van der Waals surface area contributed by atoms with Gasteiger partial charge in [0.05, 0.1) is 18.6 Å². The number of piperidine rings is 1. The maximum Gasteiger partial charge on any atom is 0.408 e. The highest BCUT2D eigenvalue weighted by atomic mass is 35.5. The molecule has 0 bridgehead atoms. The first-order valence-corrected chi connectivity index (χ1v) is 14.4. The Bertz CT molecular complexity index is 1110. The predicted molar refractivity (Wildman–Crippen MR) is 150 cm³/mol. The van der Waals surface area contributed by atoms with Gasteiger partial charge in [-0.3, -0.25) is 9.59 Å². The van der Waals surface area contributed by atoms with Crippen LogP contribution in [-0.4, -0.2) is 64.9 Å². The highest BCUT2D eigenvalue weighted by molar-refractivity contribution is 6.30. The maximum atomic E-state index is 13.8. The molecule has 40 heavy (non-hydrogen) atoms.